The van der Waals surface area contributed by atoms with Crippen molar-refractivity contribution in [3.05, 3.63) is 58.6 Å². The van der Waals surface area contributed by atoms with Crippen LogP contribution in [0.4, 0.5) is 5.69 Å². The first-order valence-electron chi connectivity index (χ1n) is 6.56. The lowest BCUT2D eigenvalue weighted by molar-refractivity contribution is -0.116. The number of carbonyl (C=O) groups excluding carboxylic acids is 1. The summed E-state index contributed by atoms with van der Waals surface area (Å²) in [6, 6.07) is 11.1. The Bertz CT molecular complexity index is 698. The Kier molecular flexibility index (Phi) is 5.01. The molecule has 0 saturated carbocycles. The van der Waals surface area contributed by atoms with Crippen LogP contribution in [0.2, 0.25) is 5.02 Å². The Balaban J connectivity index is 1.93. The predicted octanol–water partition coefficient (Wildman–Crippen LogP) is 3.32. The Hall–Kier alpha value is -2.53. The number of rotatable bonds is 5. The van der Waals surface area contributed by atoms with E-state index in [0.717, 1.165) is 5.56 Å². The number of aryl methyl sites for hydroxylation is 1. The first-order valence-corrected chi connectivity index (χ1v) is 6.94. The van der Waals surface area contributed by atoms with Gasteiger partial charge in [-0.05, 0) is 36.2 Å². The van der Waals surface area contributed by atoms with Gasteiger partial charge in [0.1, 0.15) is 11.3 Å². The summed E-state index contributed by atoms with van der Waals surface area (Å²) < 4.78 is 0. The zero-order chi connectivity index (χ0) is 16.1. The van der Waals surface area contributed by atoms with Crippen LogP contribution in [0.15, 0.2) is 42.5 Å². The number of benzene rings is 2. The number of hydrogen-bond acceptors (Lipinski definition) is 3. The normalized spacial score (nSPS) is 10.2. The summed E-state index contributed by atoms with van der Waals surface area (Å²) in [5.74, 6) is -1.83. The zero-order valence-corrected chi connectivity index (χ0v) is 12.3. The van der Waals surface area contributed by atoms with Crippen LogP contribution in [0.5, 0.6) is 5.75 Å². The van der Waals surface area contributed by atoms with Crippen LogP contribution in [-0.4, -0.2) is 22.1 Å². The highest BCUT2D eigenvalue weighted by atomic mass is 35.5. The lowest BCUT2D eigenvalue weighted by Gasteiger charge is -2.07. The number of halogens is 1. The molecule has 6 heteroatoms. The molecule has 0 aliphatic carbocycles. The Morgan fingerprint density at radius 3 is 2.36 bits per heavy atom. The molecule has 1 amide bonds. The molecule has 0 fully saturated rings. The highest BCUT2D eigenvalue weighted by Crippen LogP contribution is 2.22. The molecular formula is C16H14ClNO4. The molecule has 5 nitrogen and oxygen atoms in total. The molecule has 2 aromatic rings. The minimum Gasteiger partial charge on any atom is -0.507 e. The van der Waals surface area contributed by atoms with Crippen LogP contribution < -0.4 is 5.32 Å². The average Bonchev–Trinajstić information content (AvgIpc) is 2.46. The first-order chi connectivity index (χ1) is 10.5. The molecule has 0 unspecified atom stereocenters. The van der Waals surface area contributed by atoms with Crippen LogP contribution in [0.1, 0.15) is 22.3 Å². The van der Waals surface area contributed by atoms with E-state index in [-0.39, 0.29) is 23.6 Å². The molecular weight excluding hydrogens is 306 g/mol. The maximum absolute atomic E-state index is 11.8. The van der Waals surface area contributed by atoms with Gasteiger partial charge in [-0.15, -0.1) is 0 Å². The lowest BCUT2D eigenvalue weighted by Crippen LogP contribution is -2.12. The number of carboxylic acid groups (broad SMARTS) is 1. The number of amides is 1. The SMILES string of the molecule is O=C(CCc1ccc(Cl)cc1)Nc1ccc(C(=O)O)c(O)c1. The number of carboxylic acids is 1. The molecule has 0 saturated heterocycles. The van der Waals surface area contributed by atoms with Crippen LogP contribution in [0, 0.1) is 0 Å². The molecule has 0 heterocycles. The molecule has 0 atom stereocenters. The highest BCUT2D eigenvalue weighted by Gasteiger charge is 2.11. The number of aromatic hydroxyl groups is 1. The van der Waals surface area contributed by atoms with Gasteiger partial charge in [0, 0.05) is 23.2 Å². The molecule has 0 aromatic heterocycles. The third-order valence-corrected chi connectivity index (χ3v) is 3.32. The zero-order valence-electron chi connectivity index (χ0n) is 11.5. The van der Waals surface area contributed by atoms with Crippen molar-refractivity contribution in [2.75, 3.05) is 5.32 Å². The van der Waals surface area contributed by atoms with Crippen LogP contribution in [-0.2, 0) is 11.2 Å². The minimum absolute atomic E-state index is 0.209. The van der Waals surface area contributed by atoms with Gasteiger partial charge >= 0.3 is 5.97 Å². The Labute approximate surface area is 132 Å². The van der Waals surface area contributed by atoms with Crippen molar-refractivity contribution in [1.29, 1.82) is 0 Å². The van der Waals surface area contributed by atoms with Gasteiger partial charge in [-0.3, -0.25) is 4.79 Å². The quantitative estimate of drug-likeness (QED) is 0.789. The van der Waals surface area contributed by atoms with Crippen molar-refractivity contribution < 1.29 is 19.8 Å². The molecule has 0 spiro atoms. The molecule has 0 aliphatic rings. The van der Waals surface area contributed by atoms with Crippen LogP contribution >= 0.6 is 11.6 Å². The average molecular weight is 320 g/mol. The van der Waals surface area contributed by atoms with Crippen molar-refractivity contribution in [2.45, 2.75) is 12.8 Å². The molecule has 2 rings (SSSR count). The number of carbonyl (C=O) groups is 2. The number of phenols is 1. The van der Waals surface area contributed by atoms with Gasteiger partial charge in [0.2, 0.25) is 5.91 Å². The molecule has 114 valence electrons. The summed E-state index contributed by atoms with van der Waals surface area (Å²) in [4.78, 5) is 22.6. The number of hydrogen-bond donors (Lipinski definition) is 3. The van der Waals surface area contributed by atoms with Crippen molar-refractivity contribution in [3.63, 3.8) is 0 Å². The molecule has 3 N–H and O–H groups in total. The monoisotopic (exact) mass is 319 g/mol. The van der Waals surface area contributed by atoms with Gasteiger partial charge in [0.05, 0.1) is 0 Å². The van der Waals surface area contributed by atoms with Gasteiger partial charge in [0.15, 0.2) is 0 Å². The Morgan fingerprint density at radius 2 is 1.77 bits per heavy atom. The Morgan fingerprint density at radius 1 is 1.09 bits per heavy atom. The number of anilines is 1. The van der Waals surface area contributed by atoms with E-state index in [9.17, 15) is 14.7 Å². The second-order valence-electron chi connectivity index (χ2n) is 4.71. The fourth-order valence-electron chi connectivity index (χ4n) is 1.92. The topological polar surface area (TPSA) is 86.6 Å². The summed E-state index contributed by atoms with van der Waals surface area (Å²) in [6.45, 7) is 0. The maximum atomic E-state index is 11.8. The van der Waals surface area contributed by atoms with Gasteiger partial charge < -0.3 is 15.5 Å². The molecule has 0 bridgehead atoms. The second kappa shape index (κ2) is 6.95. The molecule has 2 aromatic carbocycles. The van der Waals surface area contributed by atoms with E-state index in [1.54, 1.807) is 12.1 Å². The van der Waals surface area contributed by atoms with Gasteiger partial charge in [0.25, 0.3) is 0 Å². The van der Waals surface area contributed by atoms with Crippen molar-refractivity contribution in [3.8, 4) is 5.75 Å². The van der Waals surface area contributed by atoms with Crippen molar-refractivity contribution in [1.82, 2.24) is 0 Å². The summed E-state index contributed by atoms with van der Waals surface area (Å²) >= 11 is 5.79. The maximum Gasteiger partial charge on any atom is 0.339 e. The third kappa shape index (κ3) is 4.23. The summed E-state index contributed by atoms with van der Waals surface area (Å²) in [5, 5.41) is 21.6. The molecule has 0 radical (unpaired) electrons. The summed E-state index contributed by atoms with van der Waals surface area (Å²) in [7, 11) is 0. The van der Waals surface area contributed by atoms with Gasteiger partial charge in [-0.2, -0.15) is 0 Å². The lowest BCUT2D eigenvalue weighted by atomic mass is 10.1. The molecule has 22 heavy (non-hydrogen) atoms. The smallest absolute Gasteiger partial charge is 0.339 e. The number of nitrogens with one attached hydrogen (secondary N) is 1. The van der Waals surface area contributed by atoms with Crippen molar-refractivity contribution >= 4 is 29.2 Å². The van der Waals surface area contributed by atoms with Crippen molar-refractivity contribution in [2.24, 2.45) is 0 Å². The standard InChI is InChI=1S/C16H14ClNO4/c17-11-4-1-10(2-5-11)3-8-15(20)18-12-6-7-13(16(21)22)14(19)9-12/h1-2,4-7,9,19H,3,8H2,(H,18,20)(H,21,22). The predicted molar refractivity (Wildman–Crippen MR) is 83.5 cm³/mol. The van der Waals surface area contributed by atoms with E-state index in [4.69, 9.17) is 16.7 Å². The molecule has 0 aliphatic heterocycles. The fourth-order valence-corrected chi connectivity index (χ4v) is 2.05. The van der Waals surface area contributed by atoms with Gasteiger partial charge in [-0.25, -0.2) is 4.79 Å². The van der Waals surface area contributed by atoms with Crippen LogP contribution in [0.3, 0.4) is 0 Å². The van der Waals surface area contributed by atoms with E-state index < -0.39 is 5.97 Å². The minimum atomic E-state index is -1.22. The second-order valence-corrected chi connectivity index (χ2v) is 5.15. The van der Waals surface area contributed by atoms with Gasteiger partial charge in [-0.1, -0.05) is 23.7 Å². The van der Waals surface area contributed by atoms with E-state index in [1.165, 1.54) is 18.2 Å². The number of aromatic carboxylic acids is 1. The van der Waals surface area contributed by atoms with E-state index in [0.29, 0.717) is 17.1 Å². The third-order valence-electron chi connectivity index (χ3n) is 3.07. The fraction of sp³-hybridized carbons (Fsp3) is 0.125. The van der Waals surface area contributed by atoms with E-state index in [1.807, 2.05) is 12.1 Å². The van der Waals surface area contributed by atoms with E-state index >= 15 is 0 Å². The first kappa shape index (κ1) is 15.9. The van der Waals surface area contributed by atoms with Crippen LogP contribution in [0.25, 0.3) is 0 Å². The largest absolute Gasteiger partial charge is 0.507 e. The summed E-state index contributed by atoms with van der Waals surface area (Å²) in [6.07, 6.45) is 0.825. The highest BCUT2D eigenvalue weighted by molar-refractivity contribution is 6.30. The summed E-state index contributed by atoms with van der Waals surface area (Å²) in [5.41, 5.74) is 1.13. The van der Waals surface area contributed by atoms with E-state index in [2.05, 4.69) is 5.32 Å².